The van der Waals surface area contributed by atoms with E-state index in [1.807, 2.05) is 12.4 Å². The molecule has 1 aromatic heterocycles. The molecule has 0 aliphatic carbocycles. The molecule has 1 fully saturated rings. The Labute approximate surface area is 117 Å². The summed E-state index contributed by atoms with van der Waals surface area (Å²) in [5.41, 5.74) is 2.89. The second kappa shape index (κ2) is 6.02. The highest BCUT2D eigenvalue weighted by atomic mass is 15.2. The summed E-state index contributed by atoms with van der Waals surface area (Å²) < 4.78 is 0. The minimum Gasteiger partial charge on any atom is -0.312 e. The lowest BCUT2D eigenvalue weighted by Gasteiger charge is -2.33. The van der Waals surface area contributed by atoms with E-state index in [0.29, 0.717) is 11.5 Å². The molecule has 2 rings (SSSR count). The molecule has 1 atom stereocenters. The van der Waals surface area contributed by atoms with Gasteiger partial charge in [0.15, 0.2) is 0 Å². The summed E-state index contributed by atoms with van der Waals surface area (Å²) in [4.78, 5) is 6.86. The van der Waals surface area contributed by atoms with Crippen LogP contribution in [0.5, 0.6) is 0 Å². The van der Waals surface area contributed by atoms with Gasteiger partial charge in [-0.1, -0.05) is 26.8 Å². The number of aryl methyl sites for hydroxylation is 1. The predicted octanol–water partition coefficient (Wildman–Crippen LogP) is 2.60. The maximum Gasteiger partial charge on any atom is 0.0313 e. The van der Waals surface area contributed by atoms with Crippen LogP contribution in [0.4, 0.5) is 0 Å². The van der Waals surface area contributed by atoms with E-state index < -0.39 is 0 Å². The van der Waals surface area contributed by atoms with Crippen LogP contribution in [0.2, 0.25) is 0 Å². The third-order valence-corrected chi connectivity index (χ3v) is 3.87. The standard InChI is InChI=1S/C16H27N3/c1-13-8-14(10-17-9-13)11-19-7-5-6-18-15(12-19)16(2,3)4/h8-10,15,18H,5-7,11-12H2,1-4H3. The molecule has 1 unspecified atom stereocenters. The van der Waals surface area contributed by atoms with Gasteiger partial charge in [-0.15, -0.1) is 0 Å². The van der Waals surface area contributed by atoms with Crippen LogP contribution >= 0.6 is 0 Å². The monoisotopic (exact) mass is 261 g/mol. The number of hydrogen-bond donors (Lipinski definition) is 1. The summed E-state index contributed by atoms with van der Waals surface area (Å²) in [6.45, 7) is 13.5. The van der Waals surface area contributed by atoms with Crippen molar-refractivity contribution in [2.75, 3.05) is 19.6 Å². The SMILES string of the molecule is Cc1cncc(CN2CCCNC(C(C)(C)C)C2)c1. The first-order valence-corrected chi connectivity index (χ1v) is 7.31. The van der Waals surface area contributed by atoms with Gasteiger partial charge in [0.25, 0.3) is 0 Å². The van der Waals surface area contributed by atoms with Crippen LogP contribution in [0.3, 0.4) is 0 Å². The first-order chi connectivity index (χ1) is 8.95. The molecule has 0 amide bonds. The number of hydrogen-bond acceptors (Lipinski definition) is 3. The van der Waals surface area contributed by atoms with E-state index in [0.717, 1.165) is 19.6 Å². The van der Waals surface area contributed by atoms with Crippen LogP contribution < -0.4 is 5.32 Å². The topological polar surface area (TPSA) is 28.2 Å². The van der Waals surface area contributed by atoms with Crippen molar-refractivity contribution in [3.8, 4) is 0 Å². The Balaban J connectivity index is 2.02. The fourth-order valence-electron chi connectivity index (χ4n) is 2.68. The van der Waals surface area contributed by atoms with Gasteiger partial charge in [0, 0.05) is 31.5 Å². The molecule has 0 bridgehead atoms. The van der Waals surface area contributed by atoms with Crippen LogP contribution in [0.1, 0.15) is 38.3 Å². The number of rotatable bonds is 2. The van der Waals surface area contributed by atoms with Crippen molar-refractivity contribution in [2.24, 2.45) is 5.41 Å². The number of pyridine rings is 1. The normalized spacial score (nSPS) is 22.2. The zero-order valence-electron chi connectivity index (χ0n) is 12.7. The van der Waals surface area contributed by atoms with E-state index in [-0.39, 0.29) is 0 Å². The lowest BCUT2D eigenvalue weighted by molar-refractivity contribution is 0.192. The Kier molecular flexibility index (Phi) is 4.58. The van der Waals surface area contributed by atoms with E-state index >= 15 is 0 Å². The summed E-state index contributed by atoms with van der Waals surface area (Å²) in [5, 5.41) is 3.69. The Hall–Kier alpha value is -0.930. The second-order valence-corrected chi connectivity index (χ2v) is 6.83. The highest BCUT2D eigenvalue weighted by molar-refractivity contribution is 5.16. The quantitative estimate of drug-likeness (QED) is 0.887. The van der Waals surface area contributed by atoms with Crippen molar-refractivity contribution in [1.82, 2.24) is 15.2 Å². The Bertz CT molecular complexity index is 409. The summed E-state index contributed by atoms with van der Waals surface area (Å²) in [7, 11) is 0. The van der Waals surface area contributed by atoms with E-state index in [1.54, 1.807) is 0 Å². The van der Waals surface area contributed by atoms with E-state index in [1.165, 1.54) is 24.1 Å². The fraction of sp³-hybridized carbons (Fsp3) is 0.688. The van der Waals surface area contributed by atoms with Gasteiger partial charge in [-0.2, -0.15) is 0 Å². The number of nitrogens with zero attached hydrogens (tertiary/aromatic N) is 2. The Morgan fingerprint density at radius 3 is 2.84 bits per heavy atom. The Morgan fingerprint density at radius 2 is 2.16 bits per heavy atom. The smallest absolute Gasteiger partial charge is 0.0313 e. The molecule has 19 heavy (non-hydrogen) atoms. The van der Waals surface area contributed by atoms with Crippen LogP contribution in [0, 0.1) is 12.3 Å². The predicted molar refractivity (Wildman–Crippen MR) is 80.1 cm³/mol. The maximum absolute atomic E-state index is 4.30. The van der Waals surface area contributed by atoms with Gasteiger partial charge in [0.1, 0.15) is 0 Å². The molecule has 0 radical (unpaired) electrons. The zero-order chi connectivity index (χ0) is 13.9. The van der Waals surface area contributed by atoms with Crippen molar-refractivity contribution in [2.45, 2.75) is 46.7 Å². The number of aromatic nitrogens is 1. The third-order valence-electron chi connectivity index (χ3n) is 3.87. The van der Waals surface area contributed by atoms with E-state index in [9.17, 15) is 0 Å². The molecule has 0 spiro atoms. The zero-order valence-corrected chi connectivity index (χ0v) is 12.7. The summed E-state index contributed by atoms with van der Waals surface area (Å²) in [5.74, 6) is 0. The number of nitrogens with one attached hydrogen (secondary N) is 1. The van der Waals surface area contributed by atoms with Gasteiger partial charge in [-0.05, 0) is 43.0 Å². The summed E-state index contributed by atoms with van der Waals surface area (Å²) in [6.07, 6.45) is 5.15. The van der Waals surface area contributed by atoms with E-state index in [4.69, 9.17) is 0 Å². The molecule has 2 heterocycles. The van der Waals surface area contributed by atoms with Crippen LogP contribution in [-0.2, 0) is 6.54 Å². The minimum absolute atomic E-state index is 0.313. The highest BCUT2D eigenvalue weighted by Gasteiger charge is 2.27. The molecule has 3 nitrogen and oxygen atoms in total. The van der Waals surface area contributed by atoms with Crippen molar-refractivity contribution in [3.63, 3.8) is 0 Å². The average molecular weight is 261 g/mol. The molecule has 106 valence electrons. The van der Waals surface area contributed by atoms with Gasteiger partial charge < -0.3 is 5.32 Å². The van der Waals surface area contributed by atoms with Gasteiger partial charge in [0.05, 0.1) is 0 Å². The molecular weight excluding hydrogens is 234 g/mol. The molecular formula is C16H27N3. The van der Waals surface area contributed by atoms with Crippen molar-refractivity contribution in [3.05, 3.63) is 29.6 Å². The average Bonchev–Trinajstić information content (AvgIpc) is 2.54. The largest absolute Gasteiger partial charge is 0.312 e. The van der Waals surface area contributed by atoms with Crippen LogP contribution in [0.15, 0.2) is 18.5 Å². The van der Waals surface area contributed by atoms with Gasteiger partial charge in [0.2, 0.25) is 0 Å². The lowest BCUT2D eigenvalue weighted by Crippen LogP contribution is -2.46. The molecule has 1 aliphatic rings. The van der Waals surface area contributed by atoms with Crippen LogP contribution in [-0.4, -0.2) is 35.6 Å². The minimum atomic E-state index is 0.313. The molecule has 0 aromatic carbocycles. The highest BCUT2D eigenvalue weighted by Crippen LogP contribution is 2.22. The molecule has 1 aliphatic heterocycles. The summed E-state index contributed by atoms with van der Waals surface area (Å²) in [6, 6.07) is 2.81. The van der Waals surface area contributed by atoms with E-state index in [2.05, 4.69) is 49.0 Å². The van der Waals surface area contributed by atoms with Gasteiger partial charge in [-0.25, -0.2) is 0 Å². The molecule has 1 aromatic rings. The first kappa shape index (κ1) is 14.5. The second-order valence-electron chi connectivity index (χ2n) is 6.83. The van der Waals surface area contributed by atoms with Crippen molar-refractivity contribution >= 4 is 0 Å². The molecule has 1 saturated heterocycles. The van der Waals surface area contributed by atoms with Crippen molar-refractivity contribution < 1.29 is 0 Å². The van der Waals surface area contributed by atoms with Gasteiger partial charge in [-0.3, -0.25) is 9.88 Å². The molecule has 3 heteroatoms. The van der Waals surface area contributed by atoms with Crippen LogP contribution in [0.25, 0.3) is 0 Å². The molecule has 0 saturated carbocycles. The Morgan fingerprint density at radius 1 is 1.37 bits per heavy atom. The maximum atomic E-state index is 4.30. The lowest BCUT2D eigenvalue weighted by atomic mass is 9.86. The van der Waals surface area contributed by atoms with Crippen molar-refractivity contribution in [1.29, 1.82) is 0 Å². The fourth-order valence-corrected chi connectivity index (χ4v) is 2.68. The first-order valence-electron chi connectivity index (χ1n) is 7.31. The third kappa shape index (κ3) is 4.29. The van der Waals surface area contributed by atoms with Gasteiger partial charge >= 0.3 is 0 Å². The summed E-state index contributed by atoms with van der Waals surface area (Å²) >= 11 is 0. The molecule has 1 N–H and O–H groups in total.